The molecule has 0 fully saturated rings. The number of sulfonamides is 3. The minimum Gasteiger partial charge on any atom is -0.355 e. The lowest BCUT2D eigenvalue weighted by Crippen LogP contribution is -2.61. The predicted molar refractivity (Wildman–Crippen MR) is 180 cm³/mol. The first-order valence-electron chi connectivity index (χ1n) is 15.0. The summed E-state index contributed by atoms with van der Waals surface area (Å²) in [6.45, 7) is 4.14. The zero-order valence-corrected chi connectivity index (χ0v) is 30.0. The Morgan fingerprint density at radius 3 is 2.35 bits per heavy atom. The average Bonchev–Trinajstić information content (AvgIpc) is 2.99. The second-order valence-electron chi connectivity index (χ2n) is 12.3. The van der Waals surface area contributed by atoms with Gasteiger partial charge in [-0.05, 0) is 49.6 Å². The quantitative estimate of drug-likeness (QED) is 0.177. The average molecular weight is 728 g/mol. The van der Waals surface area contributed by atoms with Gasteiger partial charge in [-0.1, -0.05) is 38.1 Å². The number of hydrogen-bond donors (Lipinski definition) is 3. The number of Topliss-reactive ketones (excluding diaryl/α,β-unsaturated/α-hetero) is 2. The summed E-state index contributed by atoms with van der Waals surface area (Å²) in [5.41, 5.74) is -1.79. The number of ether oxygens (including phenoxy) is 2. The molecule has 2 atom stereocenters. The van der Waals surface area contributed by atoms with Gasteiger partial charge in [0.25, 0.3) is 10.0 Å². The number of carbonyl (C=O) groups excluding carboxylic acids is 2. The van der Waals surface area contributed by atoms with Crippen molar-refractivity contribution in [3.8, 4) is 0 Å². The van der Waals surface area contributed by atoms with E-state index in [1.165, 1.54) is 38.5 Å². The molecule has 2 unspecified atom stereocenters. The molecule has 0 aromatic heterocycles. The second-order valence-corrected chi connectivity index (χ2v) is 17.5. The number of fused-ring (bicyclic) bond motifs is 2. The highest BCUT2D eigenvalue weighted by molar-refractivity contribution is 7.92. The molecule has 264 valence electrons. The van der Waals surface area contributed by atoms with Crippen molar-refractivity contribution >= 4 is 58.8 Å². The number of benzene rings is 2. The summed E-state index contributed by atoms with van der Waals surface area (Å²) in [5.74, 6) is -4.30. The summed E-state index contributed by atoms with van der Waals surface area (Å²) in [6.07, 6.45) is 0.675. The van der Waals surface area contributed by atoms with Gasteiger partial charge in [0.05, 0.1) is 17.7 Å². The van der Waals surface area contributed by atoms with E-state index in [1.54, 1.807) is 24.1 Å². The summed E-state index contributed by atoms with van der Waals surface area (Å²) < 4.78 is 96.8. The standard InChI is InChI=1S/C30H41N5O10S3/c1-19(2)13-14-30(34-47(40,41)16-15-35(3)18-25(44-4)45-5)22-10-8-7-9-21(22)27(36)26(28(30)37)29-31-23-12-11-20(32-46(6,38)39)17-24(23)48(42,43)33-29/h7-12,17,19,25-26,32,34H,13-16,18H2,1-6H3,(H,31,33). The number of methoxy groups -OCH3 is 2. The van der Waals surface area contributed by atoms with E-state index in [2.05, 4.69) is 19.2 Å². The largest absolute Gasteiger partial charge is 0.355 e. The molecule has 0 amide bonds. The highest BCUT2D eigenvalue weighted by Gasteiger charge is 2.55. The van der Waals surface area contributed by atoms with Crippen LogP contribution in [0.4, 0.5) is 11.4 Å². The topological polar surface area (TPSA) is 207 Å². The first kappa shape index (κ1) is 37.6. The molecule has 1 aliphatic carbocycles. The van der Waals surface area contributed by atoms with E-state index in [4.69, 9.17) is 9.47 Å². The van der Waals surface area contributed by atoms with Gasteiger partial charge in [0, 0.05) is 38.6 Å². The first-order chi connectivity index (χ1) is 22.3. The Bertz CT molecular complexity index is 1930. The summed E-state index contributed by atoms with van der Waals surface area (Å²) in [5, 5.41) is 2.78. The summed E-state index contributed by atoms with van der Waals surface area (Å²) in [4.78, 5) is 30.0. The van der Waals surface area contributed by atoms with Crippen molar-refractivity contribution in [3.63, 3.8) is 0 Å². The maximum absolute atomic E-state index is 14.7. The molecular weight excluding hydrogens is 687 g/mol. The highest BCUT2D eigenvalue weighted by atomic mass is 32.2. The van der Waals surface area contributed by atoms with Crippen LogP contribution in [-0.2, 0) is 49.9 Å². The number of nitrogens with zero attached hydrogens (tertiary/aromatic N) is 2. The molecule has 1 heterocycles. The van der Waals surface area contributed by atoms with Crippen LogP contribution >= 0.6 is 0 Å². The fraction of sp³-hybridized carbons (Fsp3) is 0.500. The van der Waals surface area contributed by atoms with Gasteiger partial charge in [0.2, 0.25) is 20.0 Å². The maximum atomic E-state index is 14.7. The van der Waals surface area contributed by atoms with E-state index in [0.717, 1.165) is 12.3 Å². The Balaban J connectivity index is 1.78. The minimum atomic E-state index is -4.55. The Kier molecular flexibility index (Phi) is 11.2. The maximum Gasteiger partial charge on any atom is 0.286 e. The van der Waals surface area contributed by atoms with Gasteiger partial charge in [0.15, 0.2) is 17.9 Å². The summed E-state index contributed by atoms with van der Waals surface area (Å²) in [7, 11) is -7.87. The van der Waals surface area contributed by atoms with Gasteiger partial charge in [-0.3, -0.25) is 14.3 Å². The van der Waals surface area contributed by atoms with Crippen molar-refractivity contribution in [1.29, 1.82) is 0 Å². The van der Waals surface area contributed by atoms with Crippen LogP contribution in [0.15, 0.2) is 51.8 Å². The van der Waals surface area contributed by atoms with Crippen LogP contribution in [-0.4, -0.2) is 100 Å². The van der Waals surface area contributed by atoms with E-state index in [1.807, 2.05) is 13.8 Å². The number of hydrogen-bond acceptors (Lipinski definition) is 12. The molecule has 3 N–H and O–H groups in total. The lowest BCUT2D eigenvalue weighted by molar-refractivity contribution is -0.127. The Labute approximate surface area is 281 Å². The van der Waals surface area contributed by atoms with Gasteiger partial charge < -0.3 is 19.7 Å². The molecule has 15 nitrogen and oxygen atoms in total. The highest BCUT2D eigenvalue weighted by Crippen LogP contribution is 2.42. The molecule has 0 saturated carbocycles. The number of likely N-dealkylation sites (N-methyl/N-ethyl adjacent to an activating group) is 1. The zero-order valence-electron chi connectivity index (χ0n) is 27.5. The van der Waals surface area contributed by atoms with E-state index in [0.29, 0.717) is 6.42 Å². The SMILES string of the molecule is COC(CN(C)CCS(=O)(=O)NC1(CCC(C)C)C(=O)C(C2=NS(=O)(=O)c3cc(NS(C)(=O)=O)ccc3N2)C(=O)c2ccccc21)OC. The summed E-state index contributed by atoms with van der Waals surface area (Å²) in [6, 6.07) is 9.82. The Hall–Kier alpha value is -3.26. The number of ketones is 2. The Morgan fingerprint density at radius 1 is 1.06 bits per heavy atom. The van der Waals surface area contributed by atoms with Gasteiger partial charge >= 0.3 is 0 Å². The molecule has 1 aliphatic heterocycles. The van der Waals surface area contributed by atoms with Crippen LogP contribution in [0.25, 0.3) is 0 Å². The lowest BCUT2D eigenvalue weighted by atomic mass is 9.67. The monoisotopic (exact) mass is 727 g/mol. The molecule has 2 aromatic carbocycles. The third-order valence-corrected chi connectivity index (χ3v) is 11.4. The predicted octanol–water partition coefficient (Wildman–Crippen LogP) is 1.75. The van der Waals surface area contributed by atoms with Crippen LogP contribution in [0.5, 0.6) is 0 Å². The third-order valence-electron chi connectivity index (χ3n) is 8.07. The van der Waals surface area contributed by atoms with Crippen LogP contribution in [0, 0.1) is 11.8 Å². The molecule has 0 spiro atoms. The molecule has 0 bridgehead atoms. The molecule has 0 saturated heterocycles. The number of amidine groups is 1. The van der Waals surface area contributed by atoms with Crippen molar-refractivity contribution < 1.29 is 44.3 Å². The van der Waals surface area contributed by atoms with E-state index >= 15 is 0 Å². The number of anilines is 2. The number of carbonyl (C=O) groups is 2. The molecule has 48 heavy (non-hydrogen) atoms. The molecule has 2 aromatic rings. The molecular formula is C30H41N5O10S3. The van der Waals surface area contributed by atoms with Crippen LogP contribution < -0.4 is 14.8 Å². The van der Waals surface area contributed by atoms with E-state index in [-0.39, 0.29) is 52.8 Å². The van der Waals surface area contributed by atoms with Crippen LogP contribution in [0.2, 0.25) is 0 Å². The summed E-state index contributed by atoms with van der Waals surface area (Å²) >= 11 is 0. The fourth-order valence-corrected chi connectivity index (χ4v) is 8.89. The minimum absolute atomic E-state index is 0.0219. The van der Waals surface area contributed by atoms with Gasteiger partial charge in [0.1, 0.15) is 22.2 Å². The molecule has 18 heteroatoms. The normalized spacial score (nSPS) is 20.8. The smallest absolute Gasteiger partial charge is 0.286 e. The second kappa shape index (κ2) is 14.3. The first-order valence-corrected chi connectivity index (χ1v) is 20.0. The third kappa shape index (κ3) is 8.30. The number of nitrogens with one attached hydrogen (secondary N) is 3. The zero-order chi connectivity index (χ0) is 35.7. The Morgan fingerprint density at radius 2 is 1.73 bits per heavy atom. The molecule has 0 radical (unpaired) electrons. The van der Waals surface area contributed by atoms with E-state index < -0.39 is 71.0 Å². The van der Waals surface area contributed by atoms with Gasteiger partial charge in [-0.15, -0.1) is 4.40 Å². The molecule has 2 aliphatic rings. The fourth-order valence-electron chi connectivity index (χ4n) is 5.66. The number of rotatable bonds is 15. The van der Waals surface area contributed by atoms with Crippen molar-refractivity contribution in [1.82, 2.24) is 9.62 Å². The van der Waals surface area contributed by atoms with Crippen molar-refractivity contribution in [3.05, 3.63) is 53.6 Å². The van der Waals surface area contributed by atoms with Crippen LogP contribution in [0.3, 0.4) is 0 Å². The lowest BCUT2D eigenvalue weighted by Gasteiger charge is -2.41. The van der Waals surface area contributed by atoms with Crippen molar-refractivity contribution in [2.24, 2.45) is 16.2 Å². The van der Waals surface area contributed by atoms with Crippen LogP contribution in [0.1, 0.15) is 42.6 Å². The van der Waals surface area contributed by atoms with Crippen molar-refractivity contribution in [2.75, 3.05) is 56.4 Å². The van der Waals surface area contributed by atoms with Crippen molar-refractivity contribution in [2.45, 2.75) is 43.4 Å². The van der Waals surface area contributed by atoms with Gasteiger partial charge in [-0.25, -0.2) is 16.8 Å². The van der Waals surface area contributed by atoms with E-state index in [9.17, 15) is 34.8 Å². The molecule has 4 rings (SSSR count). The van der Waals surface area contributed by atoms with Gasteiger partial charge in [-0.2, -0.15) is 13.1 Å².